The van der Waals surface area contributed by atoms with Crippen molar-refractivity contribution in [3.05, 3.63) is 48.0 Å². The summed E-state index contributed by atoms with van der Waals surface area (Å²) < 4.78 is 5.77. The lowest BCUT2D eigenvalue weighted by molar-refractivity contribution is -0.117. The van der Waals surface area contributed by atoms with Crippen LogP contribution >= 0.6 is 12.2 Å². The van der Waals surface area contributed by atoms with Crippen molar-refractivity contribution in [3.8, 4) is 11.5 Å². The lowest BCUT2D eigenvalue weighted by Gasteiger charge is -2.07. The van der Waals surface area contributed by atoms with Gasteiger partial charge in [0.25, 0.3) is 0 Å². The van der Waals surface area contributed by atoms with Crippen molar-refractivity contribution in [2.24, 2.45) is 0 Å². The van der Waals surface area contributed by atoms with Crippen molar-refractivity contribution in [1.82, 2.24) is 10.3 Å². The van der Waals surface area contributed by atoms with Crippen molar-refractivity contribution in [2.75, 3.05) is 5.32 Å². The highest BCUT2D eigenvalue weighted by molar-refractivity contribution is 7.80. The predicted molar refractivity (Wildman–Crippen MR) is 94.2 cm³/mol. The first kappa shape index (κ1) is 15.2. The van der Waals surface area contributed by atoms with Gasteiger partial charge in [-0.15, -0.1) is 0 Å². The van der Waals surface area contributed by atoms with E-state index in [0.717, 1.165) is 27.9 Å². The van der Waals surface area contributed by atoms with Crippen LogP contribution in [0.1, 0.15) is 12.5 Å². The number of rotatable bonds is 2. The van der Waals surface area contributed by atoms with Gasteiger partial charge in [-0.3, -0.25) is 4.79 Å². The maximum Gasteiger partial charge on any atom is 0.227 e. The highest BCUT2D eigenvalue weighted by Crippen LogP contribution is 2.25. The van der Waals surface area contributed by atoms with Crippen LogP contribution in [0.2, 0.25) is 0 Å². The second-order valence-electron chi connectivity index (χ2n) is 5.20. The second-order valence-corrected chi connectivity index (χ2v) is 5.61. The minimum atomic E-state index is -0.208. The molecule has 116 valence electrons. The van der Waals surface area contributed by atoms with Crippen LogP contribution in [0.5, 0.6) is 0 Å². The average Bonchev–Trinajstić information content (AvgIpc) is 2.90. The summed E-state index contributed by atoms with van der Waals surface area (Å²) in [6, 6.07) is 13.4. The fraction of sp³-hybridized carbons (Fsp3) is 0.118. The monoisotopic (exact) mass is 325 g/mol. The molecule has 2 N–H and O–H groups in total. The van der Waals surface area contributed by atoms with Crippen LogP contribution in [0.15, 0.2) is 46.9 Å². The van der Waals surface area contributed by atoms with Crippen LogP contribution in [0.4, 0.5) is 5.69 Å². The number of oxazole rings is 1. The molecule has 6 heteroatoms. The first-order valence-corrected chi connectivity index (χ1v) is 7.48. The van der Waals surface area contributed by atoms with Crippen molar-refractivity contribution in [2.45, 2.75) is 13.8 Å². The number of fused-ring (bicyclic) bond motifs is 1. The lowest BCUT2D eigenvalue weighted by atomic mass is 10.2. The molecule has 0 radical (unpaired) electrons. The van der Waals surface area contributed by atoms with E-state index in [9.17, 15) is 4.79 Å². The molecule has 0 unspecified atom stereocenters. The van der Waals surface area contributed by atoms with E-state index >= 15 is 0 Å². The molecular formula is C17H15N3O2S. The maximum atomic E-state index is 10.9. The molecule has 0 bridgehead atoms. The standard InChI is InChI=1S/C17H15N3O2S/c1-10-3-8-15-14(9-10)20-16(22-15)12-4-6-13(7-5-12)19-17(23)18-11(2)21/h3-9H,1-2H3,(H2,18,19,21,23). The number of amides is 1. The van der Waals surface area contributed by atoms with Crippen LogP contribution in [-0.2, 0) is 4.79 Å². The van der Waals surface area contributed by atoms with Gasteiger partial charge in [-0.05, 0) is 61.1 Å². The first-order chi connectivity index (χ1) is 11.0. The Balaban J connectivity index is 1.80. The fourth-order valence-electron chi connectivity index (χ4n) is 2.18. The Bertz CT molecular complexity index is 884. The van der Waals surface area contributed by atoms with E-state index in [1.54, 1.807) is 0 Å². The third-order valence-corrected chi connectivity index (χ3v) is 3.43. The van der Waals surface area contributed by atoms with Crippen molar-refractivity contribution in [3.63, 3.8) is 0 Å². The van der Waals surface area contributed by atoms with Gasteiger partial charge in [-0.1, -0.05) is 6.07 Å². The summed E-state index contributed by atoms with van der Waals surface area (Å²) in [5, 5.41) is 5.71. The van der Waals surface area contributed by atoms with Crippen LogP contribution in [-0.4, -0.2) is 16.0 Å². The van der Waals surface area contributed by atoms with Crippen LogP contribution in [0.25, 0.3) is 22.6 Å². The van der Waals surface area contributed by atoms with E-state index in [2.05, 4.69) is 15.6 Å². The summed E-state index contributed by atoms with van der Waals surface area (Å²) in [4.78, 5) is 15.4. The van der Waals surface area contributed by atoms with Gasteiger partial charge in [-0.25, -0.2) is 4.98 Å². The molecular weight excluding hydrogens is 310 g/mol. The van der Waals surface area contributed by atoms with E-state index in [4.69, 9.17) is 16.6 Å². The number of aryl methyl sites for hydroxylation is 1. The number of benzene rings is 2. The molecule has 2 aromatic carbocycles. The second kappa shape index (κ2) is 6.18. The maximum absolute atomic E-state index is 10.9. The number of hydrogen-bond donors (Lipinski definition) is 2. The van der Waals surface area contributed by atoms with Crippen molar-refractivity contribution in [1.29, 1.82) is 0 Å². The number of thiocarbonyl (C=S) groups is 1. The molecule has 0 fully saturated rings. The topological polar surface area (TPSA) is 67.2 Å². The molecule has 1 aromatic heterocycles. The molecule has 0 aliphatic rings. The third kappa shape index (κ3) is 3.54. The molecule has 0 aliphatic heterocycles. The number of anilines is 1. The third-order valence-electron chi connectivity index (χ3n) is 3.22. The molecule has 0 atom stereocenters. The van der Waals surface area contributed by atoms with Gasteiger partial charge in [-0.2, -0.15) is 0 Å². The van der Waals surface area contributed by atoms with E-state index in [1.165, 1.54) is 6.92 Å². The Morgan fingerprint density at radius 1 is 1.17 bits per heavy atom. The first-order valence-electron chi connectivity index (χ1n) is 7.07. The van der Waals surface area contributed by atoms with E-state index in [-0.39, 0.29) is 11.0 Å². The fourth-order valence-corrected chi connectivity index (χ4v) is 2.44. The quantitative estimate of drug-likeness (QED) is 0.704. The Morgan fingerprint density at radius 3 is 2.61 bits per heavy atom. The lowest BCUT2D eigenvalue weighted by Crippen LogP contribution is -2.32. The summed E-state index contributed by atoms with van der Waals surface area (Å²) in [7, 11) is 0. The van der Waals surface area contributed by atoms with E-state index < -0.39 is 0 Å². The van der Waals surface area contributed by atoms with Gasteiger partial charge in [0.1, 0.15) is 5.52 Å². The van der Waals surface area contributed by atoms with Gasteiger partial charge < -0.3 is 15.1 Å². The van der Waals surface area contributed by atoms with E-state index in [1.807, 2.05) is 49.4 Å². The number of hydrogen-bond acceptors (Lipinski definition) is 4. The summed E-state index contributed by atoms with van der Waals surface area (Å²) in [5.41, 5.74) is 4.39. The average molecular weight is 325 g/mol. The molecule has 1 heterocycles. The molecule has 0 spiro atoms. The minimum Gasteiger partial charge on any atom is -0.436 e. The Hall–Kier alpha value is -2.73. The zero-order valence-electron chi connectivity index (χ0n) is 12.7. The normalized spacial score (nSPS) is 10.5. The Kier molecular flexibility index (Phi) is 4.08. The summed E-state index contributed by atoms with van der Waals surface area (Å²) in [6.45, 7) is 3.43. The van der Waals surface area contributed by atoms with Gasteiger partial charge in [0.2, 0.25) is 11.8 Å². The number of nitrogens with one attached hydrogen (secondary N) is 2. The SMILES string of the molecule is CC(=O)NC(=S)Nc1ccc(-c2nc3cc(C)ccc3o2)cc1. The number of carbonyl (C=O) groups is 1. The Labute approximate surface area is 138 Å². The molecule has 0 aliphatic carbocycles. The number of nitrogens with zero attached hydrogens (tertiary/aromatic N) is 1. The zero-order chi connectivity index (χ0) is 16.4. The van der Waals surface area contributed by atoms with Crippen LogP contribution in [0, 0.1) is 6.92 Å². The molecule has 0 saturated heterocycles. The van der Waals surface area contributed by atoms with Gasteiger partial charge in [0.05, 0.1) is 0 Å². The van der Waals surface area contributed by atoms with Crippen LogP contribution in [0.3, 0.4) is 0 Å². The van der Waals surface area contributed by atoms with Gasteiger partial charge in [0.15, 0.2) is 10.7 Å². The summed E-state index contributed by atoms with van der Waals surface area (Å²) in [5.74, 6) is 0.363. The molecule has 23 heavy (non-hydrogen) atoms. The predicted octanol–water partition coefficient (Wildman–Crippen LogP) is 3.64. The highest BCUT2D eigenvalue weighted by Gasteiger charge is 2.08. The molecule has 1 amide bonds. The van der Waals surface area contributed by atoms with Crippen LogP contribution < -0.4 is 10.6 Å². The Morgan fingerprint density at radius 2 is 1.91 bits per heavy atom. The smallest absolute Gasteiger partial charge is 0.227 e. The summed E-state index contributed by atoms with van der Waals surface area (Å²) >= 11 is 5.02. The molecule has 0 saturated carbocycles. The van der Waals surface area contributed by atoms with Gasteiger partial charge in [0, 0.05) is 18.2 Å². The molecule has 3 rings (SSSR count). The molecule has 5 nitrogen and oxygen atoms in total. The minimum absolute atomic E-state index is 0.208. The van der Waals surface area contributed by atoms with Gasteiger partial charge >= 0.3 is 0 Å². The largest absolute Gasteiger partial charge is 0.436 e. The number of aromatic nitrogens is 1. The van der Waals surface area contributed by atoms with E-state index in [0.29, 0.717) is 5.89 Å². The number of carbonyl (C=O) groups excluding carboxylic acids is 1. The molecule has 3 aromatic rings. The zero-order valence-corrected chi connectivity index (χ0v) is 13.5. The van der Waals surface area contributed by atoms with Crippen molar-refractivity contribution >= 4 is 40.0 Å². The highest BCUT2D eigenvalue weighted by atomic mass is 32.1. The van der Waals surface area contributed by atoms with Crippen molar-refractivity contribution < 1.29 is 9.21 Å². The summed E-state index contributed by atoms with van der Waals surface area (Å²) in [6.07, 6.45) is 0.